The third-order valence-corrected chi connectivity index (χ3v) is 3.60. The third kappa shape index (κ3) is 5.81. The van der Waals surface area contributed by atoms with Crippen LogP contribution >= 0.6 is 0 Å². The molecule has 1 aromatic rings. The van der Waals surface area contributed by atoms with Crippen LogP contribution in [0.5, 0.6) is 5.75 Å². The molecular weight excluding hydrogens is 298 g/mol. The maximum absolute atomic E-state index is 12.0. The van der Waals surface area contributed by atoms with E-state index in [9.17, 15) is 9.59 Å². The molecule has 1 N–H and O–H groups in total. The molecule has 1 aromatic carbocycles. The number of rotatable bonds is 7. The minimum absolute atomic E-state index is 0.0113. The van der Waals surface area contributed by atoms with Crippen molar-refractivity contribution in [2.75, 3.05) is 13.2 Å². The van der Waals surface area contributed by atoms with E-state index in [2.05, 4.69) is 5.32 Å². The predicted molar refractivity (Wildman–Crippen MR) is 84.2 cm³/mol. The lowest BCUT2D eigenvalue weighted by molar-refractivity contribution is -0.146. The fourth-order valence-corrected chi connectivity index (χ4v) is 2.44. The largest absolute Gasteiger partial charge is 0.491 e. The summed E-state index contributed by atoms with van der Waals surface area (Å²) in [4.78, 5) is 23.9. The summed E-state index contributed by atoms with van der Waals surface area (Å²) in [5, 5.41) is 2.54. The van der Waals surface area contributed by atoms with Crippen LogP contribution < -0.4 is 10.1 Å². The van der Waals surface area contributed by atoms with Gasteiger partial charge < -0.3 is 19.5 Å². The molecule has 6 nitrogen and oxygen atoms in total. The number of para-hydroxylation sites is 1. The van der Waals surface area contributed by atoms with E-state index >= 15 is 0 Å². The molecule has 0 heterocycles. The summed E-state index contributed by atoms with van der Waals surface area (Å²) in [7, 11) is 0. The van der Waals surface area contributed by atoms with Crippen LogP contribution in [0, 0.1) is 0 Å². The first-order valence-electron chi connectivity index (χ1n) is 8.00. The first-order valence-corrected chi connectivity index (χ1v) is 8.00. The van der Waals surface area contributed by atoms with Crippen molar-refractivity contribution in [1.29, 1.82) is 0 Å². The predicted octanol–water partition coefficient (Wildman–Crippen LogP) is 2.67. The number of esters is 1. The molecule has 0 radical (unpaired) electrons. The number of hydrogen-bond acceptors (Lipinski definition) is 5. The summed E-state index contributed by atoms with van der Waals surface area (Å²) in [6.45, 7) is 1.94. The van der Waals surface area contributed by atoms with Crippen LogP contribution in [-0.4, -0.2) is 37.4 Å². The van der Waals surface area contributed by atoms with Crippen molar-refractivity contribution in [2.45, 2.75) is 44.8 Å². The summed E-state index contributed by atoms with van der Waals surface area (Å²) in [6, 6.07) is 8.18. The van der Waals surface area contributed by atoms with Crippen LogP contribution in [0.4, 0.5) is 4.79 Å². The minimum Gasteiger partial charge on any atom is -0.491 e. The fraction of sp³-hybridized carbons (Fsp3) is 0.529. The van der Waals surface area contributed by atoms with E-state index < -0.39 is 18.1 Å². The highest BCUT2D eigenvalue weighted by atomic mass is 16.6. The Morgan fingerprint density at radius 3 is 2.57 bits per heavy atom. The summed E-state index contributed by atoms with van der Waals surface area (Å²) in [6.07, 6.45) is 3.21. The Morgan fingerprint density at radius 2 is 1.91 bits per heavy atom. The lowest BCUT2D eigenvalue weighted by Gasteiger charge is -2.19. The highest BCUT2D eigenvalue weighted by molar-refractivity contribution is 5.81. The number of carbonyl (C=O) groups excluding carboxylic acids is 2. The zero-order chi connectivity index (χ0) is 16.5. The second kappa shape index (κ2) is 9.02. The van der Waals surface area contributed by atoms with Crippen LogP contribution in [0.25, 0.3) is 0 Å². The van der Waals surface area contributed by atoms with Gasteiger partial charge in [0.15, 0.2) is 6.04 Å². The van der Waals surface area contributed by atoms with Gasteiger partial charge in [0.1, 0.15) is 18.5 Å². The lowest BCUT2D eigenvalue weighted by Crippen LogP contribution is -2.46. The summed E-state index contributed by atoms with van der Waals surface area (Å²) < 4.78 is 15.8. The van der Waals surface area contributed by atoms with Gasteiger partial charge in [-0.05, 0) is 44.7 Å². The second-order valence-electron chi connectivity index (χ2n) is 5.38. The summed E-state index contributed by atoms with van der Waals surface area (Å²) in [5.74, 6) is 0.0829. The van der Waals surface area contributed by atoms with Gasteiger partial charge in [-0.3, -0.25) is 0 Å². The number of benzene rings is 1. The molecule has 1 fully saturated rings. The van der Waals surface area contributed by atoms with Gasteiger partial charge >= 0.3 is 12.1 Å². The number of alkyl carbamates (subject to hydrolysis) is 1. The second-order valence-corrected chi connectivity index (χ2v) is 5.38. The molecule has 1 atom stereocenters. The Morgan fingerprint density at radius 1 is 1.22 bits per heavy atom. The van der Waals surface area contributed by atoms with Crippen LogP contribution in [-0.2, 0) is 14.3 Å². The molecule has 1 aliphatic rings. The van der Waals surface area contributed by atoms with Gasteiger partial charge in [-0.15, -0.1) is 0 Å². The Kier molecular flexibility index (Phi) is 6.72. The highest BCUT2D eigenvalue weighted by Gasteiger charge is 2.26. The lowest BCUT2D eigenvalue weighted by atomic mass is 10.3. The maximum Gasteiger partial charge on any atom is 0.408 e. The molecule has 1 amide bonds. The van der Waals surface area contributed by atoms with Gasteiger partial charge in [-0.25, -0.2) is 9.59 Å². The van der Waals surface area contributed by atoms with Crippen LogP contribution in [0.2, 0.25) is 0 Å². The average molecular weight is 321 g/mol. The van der Waals surface area contributed by atoms with Crippen molar-refractivity contribution in [3.63, 3.8) is 0 Å². The number of ether oxygens (including phenoxy) is 3. The standard InChI is InChI=1S/C17H23NO5/c1-2-21-16(19)15(12-22-13-8-4-3-5-9-13)18-17(20)23-14-10-6-7-11-14/h3-5,8-9,14-15H,2,6-7,10-12H2,1H3,(H,18,20)/t15-/m1/s1. The molecule has 0 bridgehead atoms. The van der Waals surface area contributed by atoms with E-state index in [4.69, 9.17) is 14.2 Å². The maximum atomic E-state index is 12.0. The first-order chi connectivity index (χ1) is 11.2. The first kappa shape index (κ1) is 17.1. The molecular formula is C17H23NO5. The van der Waals surface area contributed by atoms with Gasteiger partial charge in [0.25, 0.3) is 0 Å². The highest BCUT2D eigenvalue weighted by Crippen LogP contribution is 2.20. The van der Waals surface area contributed by atoms with E-state index in [1.165, 1.54) is 0 Å². The van der Waals surface area contributed by atoms with E-state index in [1.54, 1.807) is 19.1 Å². The van der Waals surface area contributed by atoms with Crippen molar-refractivity contribution in [2.24, 2.45) is 0 Å². The quantitative estimate of drug-likeness (QED) is 0.782. The molecule has 0 unspecified atom stereocenters. The Hall–Kier alpha value is -2.24. The Bertz CT molecular complexity index is 499. The van der Waals surface area contributed by atoms with Gasteiger partial charge in [-0.1, -0.05) is 18.2 Å². The average Bonchev–Trinajstić information content (AvgIpc) is 3.05. The molecule has 1 aliphatic carbocycles. The molecule has 6 heteroatoms. The van der Waals surface area contributed by atoms with E-state index in [1.807, 2.05) is 18.2 Å². The van der Waals surface area contributed by atoms with Gasteiger partial charge in [-0.2, -0.15) is 0 Å². The van der Waals surface area contributed by atoms with E-state index in [0.29, 0.717) is 5.75 Å². The topological polar surface area (TPSA) is 73.9 Å². The summed E-state index contributed by atoms with van der Waals surface area (Å²) >= 11 is 0. The SMILES string of the molecule is CCOC(=O)[C@@H](COc1ccccc1)NC(=O)OC1CCCC1. The molecule has 0 spiro atoms. The molecule has 23 heavy (non-hydrogen) atoms. The van der Waals surface area contributed by atoms with Gasteiger partial charge in [0.2, 0.25) is 0 Å². The van der Waals surface area contributed by atoms with E-state index in [0.717, 1.165) is 25.7 Å². The van der Waals surface area contributed by atoms with Crippen molar-refractivity contribution in [3.05, 3.63) is 30.3 Å². The zero-order valence-electron chi connectivity index (χ0n) is 13.3. The zero-order valence-corrected chi connectivity index (χ0v) is 13.3. The smallest absolute Gasteiger partial charge is 0.408 e. The molecule has 1 saturated carbocycles. The van der Waals surface area contributed by atoms with Crippen LogP contribution in [0.1, 0.15) is 32.6 Å². The normalized spacial score (nSPS) is 15.7. The van der Waals surface area contributed by atoms with Crippen molar-refractivity contribution < 1.29 is 23.8 Å². The summed E-state index contributed by atoms with van der Waals surface area (Å²) in [5.41, 5.74) is 0. The van der Waals surface area contributed by atoms with Crippen molar-refractivity contribution in [1.82, 2.24) is 5.32 Å². The Labute approximate surface area is 136 Å². The molecule has 2 rings (SSSR count). The fourth-order valence-electron chi connectivity index (χ4n) is 2.44. The van der Waals surface area contributed by atoms with Gasteiger partial charge in [0, 0.05) is 0 Å². The molecule has 0 saturated heterocycles. The molecule has 126 valence electrons. The number of nitrogens with one attached hydrogen (secondary N) is 1. The number of amides is 1. The van der Waals surface area contributed by atoms with Crippen molar-refractivity contribution >= 4 is 12.1 Å². The van der Waals surface area contributed by atoms with Crippen LogP contribution in [0.15, 0.2) is 30.3 Å². The monoisotopic (exact) mass is 321 g/mol. The van der Waals surface area contributed by atoms with Crippen molar-refractivity contribution in [3.8, 4) is 5.75 Å². The van der Waals surface area contributed by atoms with Gasteiger partial charge in [0.05, 0.1) is 6.61 Å². The third-order valence-electron chi connectivity index (χ3n) is 3.60. The minimum atomic E-state index is -0.899. The number of carbonyl (C=O) groups is 2. The molecule has 0 aromatic heterocycles. The molecule has 0 aliphatic heterocycles. The Balaban J connectivity index is 1.87. The van der Waals surface area contributed by atoms with Crippen LogP contribution in [0.3, 0.4) is 0 Å². The number of hydrogen-bond donors (Lipinski definition) is 1. The van der Waals surface area contributed by atoms with E-state index in [-0.39, 0.29) is 19.3 Å².